The first-order valence-corrected chi connectivity index (χ1v) is 27.5. The number of alkyl carbamates (subject to hydrolysis) is 1. The molecule has 1 heterocycles. The SMILES string of the molecule is CCCCCCCC/C=C\CCCCCCCC(=O)N(CCCCCCCCCCCCCCCCCC)[C@@H]1O[C@H](CO)[C@@H](O)[C@H](O)[C@H]1NC(=O)[C@H](C)NC(=O)CNC(=O)CNC(=O)OC(C)(C)C. The number of carbonyl (C=O) groups is 5. The van der Waals surface area contributed by atoms with Gasteiger partial charge < -0.3 is 51.0 Å². The van der Waals surface area contributed by atoms with Crippen molar-refractivity contribution in [2.45, 2.75) is 276 Å². The molecule has 1 aliphatic heterocycles. The third-order valence-electron chi connectivity index (χ3n) is 12.8. The molecule has 1 aliphatic rings. The van der Waals surface area contributed by atoms with Gasteiger partial charge in [0.1, 0.15) is 42.5 Å². The average Bonchev–Trinajstić information content (AvgIpc) is 3.31. The third kappa shape index (κ3) is 32.4. The number of nitrogens with zero attached hydrogens (tertiary/aromatic N) is 1. The number of hydrogen-bond acceptors (Lipinski definition) is 10. The van der Waals surface area contributed by atoms with Crippen molar-refractivity contribution >= 4 is 29.7 Å². The molecule has 5 amide bonds. The van der Waals surface area contributed by atoms with Gasteiger partial charge in [-0.05, 0) is 66.2 Å². The molecule has 0 saturated carbocycles. The predicted octanol–water partition coefficient (Wildman–Crippen LogP) is 9.18. The summed E-state index contributed by atoms with van der Waals surface area (Å²) < 4.78 is 11.3. The molecule has 15 nitrogen and oxygen atoms in total. The van der Waals surface area contributed by atoms with Gasteiger partial charge in [-0.25, -0.2) is 4.79 Å². The van der Waals surface area contributed by atoms with Gasteiger partial charge in [0.15, 0.2) is 6.23 Å². The molecule has 6 atom stereocenters. The van der Waals surface area contributed by atoms with Crippen LogP contribution in [0.25, 0.3) is 0 Å². The second-order valence-corrected chi connectivity index (χ2v) is 20.4. The van der Waals surface area contributed by atoms with Crippen LogP contribution in [0.5, 0.6) is 0 Å². The Morgan fingerprint density at radius 1 is 0.623 bits per heavy atom. The number of unbranched alkanes of at least 4 members (excludes halogenated alkanes) is 26. The Labute approximate surface area is 418 Å². The normalized spacial score (nSPS) is 18.7. The van der Waals surface area contributed by atoms with Crippen LogP contribution in [0.2, 0.25) is 0 Å². The molecule has 0 radical (unpaired) electrons. The smallest absolute Gasteiger partial charge is 0.408 e. The van der Waals surface area contributed by atoms with Gasteiger partial charge in [-0.1, -0.05) is 174 Å². The Bertz CT molecular complexity index is 1390. The molecule has 0 unspecified atom stereocenters. The minimum Gasteiger partial charge on any atom is -0.444 e. The molecule has 1 rings (SSSR count). The third-order valence-corrected chi connectivity index (χ3v) is 12.8. The van der Waals surface area contributed by atoms with Crippen LogP contribution in [0.3, 0.4) is 0 Å². The average molecular weight is 980 g/mol. The van der Waals surface area contributed by atoms with Crippen LogP contribution in [-0.4, -0.2) is 118 Å². The lowest BCUT2D eigenvalue weighted by molar-refractivity contribution is -0.231. The van der Waals surface area contributed by atoms with E-state index >= 15 is 0 Å². The maximum Gasteiger partial charge on any atom is 0.408 e. The summed E-state index contributed by atoms with van der Waals surface area (Å²) in [4.78, 5) is 66.1. The van der Waals surface area contributed by atoms with E-state index in [-0.39, 0.29) is 12.3 Å². The second-order valence-electron chi connectivity index (χ2n) is 20.4. The number of ether oxygens (including phenoxy) is 2. The Morgan fingerprint density at radius 2 is 1.07 bits per heavy atom. The molecule has 0 aliphatic carbocycles. The van der Waals surface area contributed by atoms with Crippen LogP contribution < -0.4 is 21.3 Å². The summed E-state index contributed by atoms with van der Waals surface area (Å²) >= 11 is 0. The van der Waals surface area contributed by atoms with Crippen molar-refractivity contribution in [3.63, 3.8) is 0 Å². The summed E-state index contributed by atoms with van der Waals surface area (Å²) in [6.07, 6.45) is 32.5. The summed E-state index contributed by atoms with van der Waals surface area (Å²) in [5.74, 6) is -2.26. The van der Waals surface area contributed by atoms with Gasteiger partial charge in [0.2, 0.25) is 23.6 Å². The van der Waals surface area contributed by atoms with E-state index in [0.29, 0.717) is 19.4 Å². The first-order valence-electron chi connectivity index (χ1n) is 27.5. The van der Waals surface area contributed by atoms with Crippen molar-refractivity contribution in [3.05, 3.63) is 12.2 Å². The number of hydrogen-bond donors (Lipinski definition) is 7. The topological polar surface area (TPSA) is 216 Å². The summed E-state index contributed by atoms with van der Waals surface area (Å²) in [6, 6.07) is -2.44. The second kappa shape index (κ2) is 40.3. The highest BCUT2D eigenvalue weighted by Crippen LogP contribution is 2.26. The molecule has 7 N–H and O–H groups in total. The number of aliphatic hydroxyl groups excluding tert-OH is 3. The molecular weight excluding hydrogens is 879 g/mol. The van der Waals surface area contributed by atoms with Crippen LogP contribution in [0.15, 0.2) is 12.2 Å². The standard InChI is InChI=1S/C54H101N5O10/c1-7-9-11-13-15-17-19-21-23-25-27-29-31-33-35-37-39-59(47(63)38-36-34-32-30-28-26-24-22-20-18-16-14-12-10-8-2)52-48(50(65)49(64)44(42-60)68-52)58-51(66)43(3)57-46(62)41-55-45(61)40-56-53(67)69-54(4,5)6/h22,24,43-44,48-50,52,60,64-65H,7-21,23,25-42H2,1-6H3,(H,55,61)(H,56,67)(H,57,62)(H,58,66)/b24-22-/t43-,44+,48+,49+,50+,52+/m0/s1. The number of nitrogens with one attached hydrogen (secondary N) is 4. The fourth-order valence-electron chi connectivity index (χ4n) is 8.59. The lowest BCUT2D eigenvalue weighted by Gasteiger charge is -2.47. The van der Waals surface area contributed by atoms with Gasteiger partial charge in [0.05, 0.1) is 13.2 Å². The Kier molecular flexibility index (Phi) is 37.3. The fourth-order valence-corrected chi connectivity index (χ4v) is 8.59. The van der Waals surface area contributed by atoms with E-state index in [4.69, 9.17) is 9.47 Å². The van der Waals surface area contributed by atoms with Crippen molar-refractivity contribution < 1.29 is 48.8 Å². The minimum atomic E-state index is -1.61. The summed E-state index contributed by atoms with van der Waals surface area (Å²) in [6.45, 7) is 9.73. The fraction of sp³-hybridized carbons (Fsp3) is 0.870. The Morgan fingerprint density at radius 3 is 1.55 bits per heavy atom. The maximum atomic E-state index is 14.1. The van der Waals surface area contributed by atoms with E-state index in [1.54, 1.807) is 25.7 Å². The van der Waals surface area contributed by atoms with Crippen LogP contribution in [0.4, 0.5) is 4.79 Å². The number of aliphatic hydroxyl groups is 3. The number of rotatable bonds is 41. The minimum absolute atomic E-state index is 0.198. The molecule has 402 valence electrons. The number of carbonyl (C=O) groups excluding carboxylic acids is 5. The first kappa shape index (κ1) is 63.7. The zero-order valence-corrected chi connectivity index (χ0v) is 44.3. The maximum absolute atomic E-state index is 14.1. The van der Waals surface area contributed by atoms with Crippen LogP contribution >= 0.6 is 0 Å². The zero-order chi connectivity index (χ0) is 51.1. The van der Waals surface area contributed by atoms with Gasteiger partial charge >= 0.3 is 6.09 Å². The predicted molar refractivity (Wildman–Crippen MR) is 275 cm³/mol. The number of allylic oxidation sites excluding steroid dienone is 2. The zero-order valence-electron chi connectivity index (χ0n) is 44.3. The molecule has 0 aromatic rings. The first-order chi connectivity index (χ1) is 33.1. The Hall–Kier alpha value is -3.27. The van der Waals surface area contributed by atoms with Crippen LogP contribution in [0, 0.1) is 0 Å². The molecule has 69 heavy (non-hydrogen) atoms. The molecule has 0 aromatic carbocycles. The van der Waals surface area contributed by atoms with Crippen molar-refractivity contribution in [1.82, 2.24) is 26.2 Å². The molecule has 1 saturated heterocycles. The Balaban J connectivity index is 2.84. The van der Waals surface area contributed by atoms with Gasteiger partial charge in [0, 0.05) is 13.0 Å². The van der Waals surface area contributed by atoms with Gasteiger partial charge in [0.25, 0.3) is 0 Å². The van der Waals surface area contributed by atoms with Crippen LogP contribution in [0.1, 0.15) is 234 Å². The van der Waals surface area contributed by atoms with E-state index in [1.165, 1.54) is 122 Å². The van der Waals surface area contributed by atoms with Crippen molar-refractivity contribution in [2.75, 3.05) is 26.2 Å². The molecule has 0 bridgehead atoms. The molecular formula is C54H101N5O10. The van der Waals surface area contributed by atoms with Crippen molar-refractivity contribution in [2.24, 2.45) is 0 Å². The van der Waals surface area contributed by atoms with Crippen molar-refractivity contribution in [3.8, 4) is 0 Å². The van der Waals surface area contributed by atoms with Gasteiger partial charge in [-0.3, -0.25) is 19.2 Å². The quantitative estimate of drug-likeness (QED) is 0.0228. The monoisotopic (exact) mass is 980 g/mol. The van der Waals surface area contributed by atoms with E-state index in [0.717, 1.165) is 57.8 Å². The summed E-state index contributed by atoms with van der Waals surface area (Å²) in [7, 11) is 0. The largest absolute Gasteiger partial charge is 0.444 e. The molecule has 0 spiro atoms. The molecule has 1 fully saturated rings. The highest BCUT2D eigenvalue weighted by Gasteiger charge is 2.48. The summed E-state index contributed by atoms with van der Waals surface area (Å²) in [5, 5.41) is 42.4. The molecule has 0 aromatic heterocycles. The van der Waals surface area contributed by atoms with Crippen molar-refractivity contribution in [1.29, 1.82) is 0 Å². The molecule has 15 heteroatoms. The highest BCUT2D eigenvalue weighted by molar-refractivity contribution is 5.91. The van der Waals surface area contributed by atoms with E-state index < -0.39 is 85.7 Å². The lowest BCUT2D eigenvalue weighted by atomic mass is 9.94. The highest BCUT2D eigenvalue weighted by atomic mass is 16.6. The van der Waals surface area contributed by atoms with E-state index in [2.05, 4.69) is 47.3 Å². The van der Waals surface area contributed by atoms with E-state index in [9.17, 15) is 39.3 Å². The van der Waals surface area contributed by atoms with Crippen LogP contribution in [-0.2, 0) is 28.7 Å². The summed E-state index contributed by atoms with van der Waals surface area (Å²) in [5.41, 5.74) is -0.751. The van der Waals surface area contributed by atoms with Gasteiger partial charge in [-0.2, -0.15) is 0 Å². The number of amides is 5. The van der Waals surface area contributed by atoms with Gasteiger partial charge in [-0.15, -0.1) is 0 Å². The van der Waals surface area contributed by atoms with E-state index in [1.807, 2.05) is 0 Å². The lowest BCUT2D eigenvalue weighted by Crippen LogP contribution is -2.69.